The first-order chi connectivity index (χ1) is 23.0. The van der Waals surface area contributed by atoms with Gasteiger partial charge < -0.3 is 25.4 Å². The van der Waals surface area contributed by atoms with Crippen LogP contribution in [0, 0.1) is 0 Å². The molecule has 0 spiro atoms. The molecule has 2 aromatic heterocycles. The van der Waals surface area contributed by atoms with Crippen LogP contribution in [0.1, 0.15) is 29.8 Å². The van der Waals surface area contributed by atoms with Gasteiger partial charge in [-0.1, -0.05) is 65.9 Å². The molecule has 11 nitrogen and oxygen atoms in total. The number of carbonyl (C=O) groups excluding carboxylic acids is 1. The summed E-state index contributed by atoms with van der Waals surface area (Å²) >= 11 is 1.54. The lowest BCUT2D eigenvalue weighted by Crippen LogP contribution is -2.31. The van der Waals surface area contributed by atoms with Crippen LogP contribution in [0.4, 0.5) is 9.59 Å². The third-order valence-electron chi connectivity index (χ3n) is 7.69. The highest BCUT2D eigenvalue weighted by Gasteiger charge is 2.20. The zero-order valence-corrected chi connectivity index (χ0v) is 26.5. The summed E-state index contributed by atoms with van der Waals surface area (Å²) < 4.78 is 7.98. The van der Waals surface area contributed by atoms with Gasteiger partial charge in [0.2, 0.25) is 0 Å². The Kier molecular flexibility index (Phi) is 10.2. The normalized spacial score (nSPS) is 12.9. The van der Waals surface area contributed by atoms with E-state index in [1.165, 1.54) is 22.5 Å². The number of benzene rings is 3. The summed E-state index contributed by atoms with van der Waals surface area (Å²) in [6.07, 6.45) is 7.11. The van der Waals surface area contributed by atoms with Crippen molar-refractivity contribution in [3.8, 4) is 33.1 Å². The number of rotatable bonds is 14. The Balaban J connectivity index is 1.16. The second-order valence-corrected chi connectivity index (χ2v) is 11.8. The molecule has 240 valence electrons. The number of urea groups is 1. The number of thiazole rings is 1. The van der Waals surface area contributed by atoms with Gasteiger partial charge in [0.05, 0.1) is 35.4 Å². The fourth-order valence-electron chi connectivity index (χ4n) is 5.19. The molecule has 12 heteroatoms. The lowest BCUT2D eigenvalue weighted by Gasteiger charge is -2.16. The van der Waals surface area contributed by atoms with E-state index in [-0.39, 0.29) is 6.03 Å². The predicted molar refractivity (Wildman–Crippen MR) is 183 cm³/mol. The average molecular weight is 650 g/mol. The van der Waals surface area contributed by atoms with E-state index in [2.05, 4.69) is 63.4 Å². The quantitative estimate of drug-likeness (QED) is 0.122. The van der Waals surface area contributed by atoms with E-state index < -0.39 is 6.09 Å². The smallest absolute Gasteiger partial charge is 0.404 e. The number of nitrogens with zero attached hydrogens (tertiary/aromatic N) is 5. The lowest BCUT2D eigenvalue weighted by molar-refractivity contribution is 0.194. The Hall–Kier alpha value is -5.49. The average Bonchev–Trinajstić information content (AvgIpc) is 3.86. The fraction of sp³-hybridized carbons (Fsp3) is 0.229. The number of carboxylic acid groups (broad SMARTS) is 1. The maximum absolute atomic E-state index is 12.0. The van der Waals surface area contributed by atoms with E-state index in [1.807, 2.05) is 54.1 Å². The number of nitrogens with one attached hydrogen (secondary N) is 2. The number of aryl methyl sites for hydroxylation is 1. The first-order valence-electron chi connectivity index (χ1n) is 15.5. The molecule has 1 fully saturated rings. The maximum Gasteiger partial charge on any atom is 0.404 e. The van der Waals surface area contributed by atoms with Crippen LogP contribution in [-0.2, 0) is 6.42 Å². The van der Waals surface area contributed by atoms with Crippen LogP contribution in [0.15, 0.2) is 84.4 Å². The van der Waals surface area contributed by atoms with Crippen molar-refractivity contribution >= 4 is 35.6 Å². The van der Waals surface area contributed by atoms with Crippen LogP contribution in [0.3, 0.4) is 0 Å². The lowest BCUT2D eigenvalue weighted by atomic mass is 10.0. The Morgan fingerprint density at radius 2 is 1.87 bits per heavy atom. The summed E-state index contributed by atoms with van der Waals surface area (Å²) in [6.45, 7) is 2.49. The molecule has 0 aliphatic carbocycles. The Morgan fingerprint density at radius 3 is 2.66 bits per heavy atom. The summed E-state index contributed by atoms with van der Waals surface area (Å²) in [5, 5.41) is 25.4. The van der Waals surface area contributed by atoms with Gasteiger partial charge in [-0.3, -0.25) is 0 Å². The first-order valence-corrected chi connectivity index (χ1v) is 16.4. The molecular weight excluding hydrogens is 614 g/mol. The summed E-state index contributed by atoms with van der Waals surface area (Å²) in [4.78, 5) is 29.3. The second kappa shape index (κ2) is 15.2. The molecule has 0 bridgehead atoms. The monoisotopic (exact) mass is 649 g/mol. The number of amides is 3. The van der Waals surface area contributed by atoms with E-state index in [0.29, 0.717) is 51.4 Å². The van der Waals surface area contributed by atoms with Crippen LogP contribution >= 0.6 is 11.3 Å². The summed E-state index contributed by atoms with van der Waals surface area (Å²) in [7, 11) is 0. The molecule has 5 aromatic rings. The zero-order valence-electron chi connectivity index (χ0n) is 25.7. The van der Waals surface area contributed by atoms with Crippen molar-refractivity contribution in [2.24, 2.45) is 0 Å². The van der Waals surface area contributed by atoms with Gasteiger partial charge in [0.1, 0.15) is 17.4 Å². The number of carbonyl (C=O) groups is 2. The van der Waals surface area contributed by atoms with Gasteiger partial charge in [0, 0.05) is 31.1 Å². The van der Waals surface area contributed by atoms with Crippen LogP contribution < -0.4 is 15.4 Å². The highest BCUT2D eigenvalue weighted by atomic mass is 32.1. The molecule has 3 amide bonds. The number of hydrogen-bond donors (Lipinski definition) is 3. The van der Waals surface area contributed by atoms with Gasteiger partial charge in [-0.15, -0.1) is 16.4 Å². The van der Waals surface area contributed by atoms with E-state index in [1.54, 1.807) is 9.58 Å². The first kappa shape index (κ1) is 31.5. The second-order valence-electron chi connectivity index (χ2n) is 11.0. The number of ether oxygens (including phenoxy) is 1. The minimum absolute atomic E-state index is 0.0810. The zero-order chi connectivity index (χ0) is 32.4. The van der Waals surface area contributed by atoms with Gasteiger partial charge in [-0.2, -0.15) is 0 Å². The molecular formula is C35H35N7O4S. The third kappa shape index (κ3) is 8.41. The molecule has 3 N–H and O–H groups in total. The minimum atomic E-state index is -1.02. The van der Waals surface area contributed by atoms with Gasteiger partial charge in [-0.05, 0) is 54.2 Å². The van der Waals surface area contributed by atoms with Gasteiger partial charge in [0.25, 0.3) is 0 Å². The molecule has 47 heavy (non-hydrogen) atoms. The number of hydrogen-bond acceptors (Lipinski definition) is 7. The van der Waals surface area contributed by atoms with Crippen molar-refractivity contribution in [3.63, 3.8) is 0 Å². The summed E-state index contributed by atoms with van der Waals surface area (Å²) in [5.41, 5.74) is 6.74. The topological polar surface area (TPSA) is 134 Å². The van der Waals surface area contributed by atoms with Crippen molar-refractivity contribution in [1.29, 1.82) is 0 Å². The summed E-state index contributed by atoms with van der Waals surface area (Å²) in [5.74, 6) is 0.639. The van der Waals surface area contributed by atoms with E-state index in [9.17, 15) is 9.59 Å². The largest absolute Gasteiger partial charge is 0.491 e. The van der Waals surface area contributed by atoms with E-state index in [0.717, 1.165) is 39.6 Å². The molecule has 0 unspecified atom stereocenters. The van der Waals surface area contributed by atoms with Crippen molar-refractivity contribution in [3.05, 3.63) is 101 Å². The van der Waals surface area contributed by atoms with Gasteiger partial charge in [0.15, 0.2) is 0 Å². The Labute approximate surface area is 276 Å². The molecule has 0 saturated carbocycles. The predicted octanol–water partition coefficient (Wildman–Crippen LogP) is 6.22. The maximum atomic E-state index is 12.0. The van der Waals surface area contributed by atoms with Crippen LogP contribution in [0.2, 0.25) is 0 Å². The fourth-order valence-corrected chi connectivity index (χ4v) is 6.01. The molecule has 0 radical (unpaired) electrons. The van der Waals surface area contributed by atoms with Crippen molar-refractivity contribution < 1.29 is 19.4 Å². The van der Waals surface area contributed by atoms with Crippen molar-refractivity contribution in [1.82, 2.24) is 35.5 Å². The van der Waals surface area contributed by atoms with Crippen LogP contribution in [-0.4, -0.2) is 74.9 Å². The molecule has 1 aliphatic rings. The number of aromatic nitrogens is 4. The Bertz CT molecular complexity index is 1840. The van der Waals surface area contributed by atoms with Gasteiger partial charge in [-0.25, -0.2) is 19.3 Å². The minimum Gasteiger partial charge on any atom is -0.491 e. The van der Waals surface area contributed by atoms with Gasteiger partial charge >= 0.3 is 12.1 Å². The number of unbranched alkanes of at least 4 members (excludes halogenated alkanes) is 1. The van der Waals surface area contributed by atoms with Crippen LogP contribution in [0.5, 0.6) is 5.75 Å². The molecule has 3 aromatic carbocycles. The van der Waals surface area contributed by atoms with Crippen molar-refractivity contribution in [2.45, 2.75) is 19.3 Å². The molecule has 1 saturated heterocycles. The molecule has 0 atom stereocenters. The highest BCUT2D eigenvalue weighted by Crippen LogP contribution is 2.34. The van der Waals surface area contributed by atoms with E-state index in [4.69, 9.17) is 14.8 Å². The Morgan fingerprint density at radius 1 is 1.04 bits per heavy atom. The SMILES string of the molecule is O=C(O)NCCCCc1cn(-c2ccc(-c3nc(C=Cc4ccc(-c5ccccc5)cc4)cs3)c(OCCN3CCNC3=O)c2)nn1. The molecule has 6 rings (SSSR count). The van der Waals surface area contributed by atoms with E-state index >= 15 is 0 Å². The standard InChI is InChI=1S/C35H35N7O4S/c43-34-36-18-19-41(34)20-21-46-32-22-30(42-23-28(39-40-42)8-4-5-17-37-35(44)45)15-16-31(32)33-38-29(24-47-33)14-11-25-9-12-27(13-10-25)26-6-2-1-3-7-26/h1-3,6-7,9-16,22-24,37H,4-5,8,17-21H2,(H,36,43)(H,44,45). The van der Waals surface area contributed by atoms with Crippen molar-refractivity contribution in [2.75, 3.05) is 32.8 Å². The summed E-state index contributed by atoms with van der Waals surface area (Å²) in [6, 6.07) is 24.5. The third-order valence-corrected chi connectivity index (χ3v) is 8.58. The van der Waals surface area contributed by atoms with Crippen LogP contribution in [0.25, 0.3) is 39.5 Å². The molecule has 1 aliphatic heterocycles. The highest BCUT2D eigenvalue weighted by molar-refractivity contribution is 7.13. The molecule has 3 heterocycles.